The summed E-state index contributed by atoms with van der Waals surface area (Å²) in [5, 5.41) is 13.4. The first kappa shape index (κ1) is 16.2. The molecule has 1 fully saturated rings. The Morgan fingerprint density at radius 3 is 2.62 bits per heavy atom. The van der Waals surface area contributed by atoms with E-state index in [1.807, 2.05) is 51.3 Å². The van der Waals surface area contributed by atoms with E-state index in [2.05, 4.69) is 5.32 Å². The molecule has 4 nitrogen and oxygen atoms in total. The lowest BCUT2D eigenvalue weighted by atomic mass is 9.71. The SMILES string of the molecule is CSc1ccccc1NC(=O)N1CC[C@@](C)(O)C(C)(C)C1. The molecule has 0 aliphatic carbocycles. The first-order chi connectivity index (χ1) is 9.77. The van der Waals surface area contributed by atoms with Crippen molar-refractivity contribution in [3.05, 3.63) is 24.3 Å². The average molecular weight is 308 g/mol. The molecule has 1 saturated heterocycles. The normalized spacial score (nSPS) is 24.7. The predicted molar refractivity (Wildman–Crippen MR) is 87.8 cm³/mol. The summed E-state index contributed by atoms with van der Waals surface area (Å²) in [4.78, 5) is 15.3. The van der Waals surface area contributed by atoms with Gasteiger partial charge in [0.2, 0.25) is 0 Å². The fourth-order valence-electron chi connectivity index (χ4n) is 2.53. The molecule has 116 valence electrons. The lowest BCUT2D eigenvalue weighted by Crippen LogP contribution is -2.57. The van der Waals surface area contributed by atoms with Crippen molar-refractivity contribution >= 4 is 23.5 Å². The molecule has 0 saturated carbocycles. The van der Waals surface area contributed by atoms with E-state index in [4.69, 9.17) is 0 Å². The zero-order valence-electron chi connectivity index (χ0n) is 13.1. The van der Waals surface area contributed by atoms with Gasteiger partial charge in [0.1, 0.15) is 0 Å². The number of anilines is 1. The number of urea groups is 1. The van der Waals surface area contributed by atoms with E-state index in [-0.39, 0.29) is 11.4 Å². The maximum absolute atomic E-state index is 12.5. The van der Waals surface area contributed by atoms with Crippen molar-refractivity contribution in [1.29, 1.82) is 0 Å². The van der Waals surface area contributed by atoms with E-state index >= 15 is 0 Å². The molecule has 2 amide bonds. The van der Waals surface area contributed by atoms with Gasteiger partial charge in [0, 0.05) is 23.4 Å². The highest BCUT2D eigenvalue weighted by atomic mass is 32.2. The smallest absolute Gasteiger partial charge is 0.321 e. The van der Waals surface area contributed by atoms with Gasteiger partial charge in [0.15, 0.2) is 0 Å². The van der Waals surface area contributed by atoms with E-state index in [0.29, 0.717) is 19.5 Å². The summed E-state index contributed by atoms with van der Waals surface area (Å²) in [5.41, 5.74) is -0.215. The number of piperidine rings is 1. The zero-order valence-corrected chi connectivity index (χ0v) is 14.0. The molecule has 1 atom stereocenters. The first-order valence-electron chi connectivity index (χ1n) is 7.18. The molecule has 2 N–H and O–H groups in total. The first-order valence-corrected chi connectivity index (χ1v) is 8.41. The van der Waals surface area contributed by atoms with Crippen LogP contribution < -0.4 is 5.32 Å². The second kappa shape index (κ2) is 5.89. The van der Waals surface area contributed by atoms with Crippen molar-refractivity contribution in [2.45, 2.75) is 37.7 Å². The van der Waals surface area contributed by atoms with E-state index in [9.17, 15) is 9.90 Å². The summed E-state index contributed by atoms with van der Waals surface area (Å²) in [6.45, 7) is 6.98. The van der Waals surface area contributed by atoms with E-state index in [1.54, 1.807) is 16.7 Å². The third kappa shape index (κ3) is 3.35. The Morgan fingerprint density at radius 1 is 1.33 bits per heavy atom. The average Bonchev–Trinajstić information content (AvgIpc) is 2.42. The number of hydrogen-bond acceptors (Lipinski definition) is 3. The fraction of sp³-hybridized carbons (Fsp3) is 0.562. The summed E-state index contributed by atoms with van der Waals surface area (Å²) in [5.74, 6) is 0. The lowest BCUT2D eigenvalue weighted by Gasteiger charge is -2.48. The number of likely N-dealkylation sites (tertiary alicyclic amines) is 1. The quantitative estimate of drug-likeness (QED) is 0.823. The number of amides is 2. The number of thioether (sulfide) groups is 1. The molecule has 0 spiro atoms. The minimum Gasteiger partial charge on any atom is -0.389 e. The molecule has 1 aliphatic heterocycles. The number of para-hydroxylation sites is 1. The summed E-state index contributed by atoms with van der Waals surface area (Å²) in [6, 6.07) is 7.68. The molecule has 1 heterocycles. The molecular formula is C16H24N2O2S. The molecule has 1 aliphatic rings. The van der Waals surface area contributed by atoms with Crippen LogP contribution in [0.1, 0.15) is 27.2 Å². The number of nitrogens with one attached hydrogen (secondary N) is 1. The highest BCUT2D eigenvalue weighted by Crippen LogP contribution is 2.38. The highest BCUT2D eigenvalue weighted by molar-refractivity contribution is 7.98. The molecule has 21 heavy (non-hydrogen) atoms. The van der Waals surface area contributed by atoms with Crippen LogP contribution in [-0.4, -0.2) is 41.0 Å². The van der Waals surface area contributed by atoms with Gasteiger partial charge in [-0.3, -0.25) is 0 Å². The van der Waals surface area contributed by atoms with Crippen molar-refractivity contribution in [2.75, 3.05) is 24.7 Å². The van der Waals surface area contributed by atoms with Crippen molar-refractivity contribution in [2.24, 2.45) is 5.41 Å². The second-order valence-corrected chi connectivity index (χ2v) is 7.31. The number of carbonyl (C=O) groups excluding carboxylic acids is 1. The van der Waals surface area contributed by atoms with Crippen LogP contribution in [0.3, 0.4) is 0 Å². The lowest BCUT2D eigenvalue weighted by molar-refractivity contribution is -0.0946. The van der Waals surface area contributed by atoms with Gasteiger partial charge in [-0.05, 0) is 31.7 Å². The van der Waals surface area contributed by atoms with Gasteiger partial charge in [0.25, 0.3) is 0 Å². The molecule has 2 rings (SSSR count). The number of aliphatic hydroxyl groups is 1. The minimum absolute atomic E-state index is 0.0972. The Labute approximate surface area is 130 Å². The Bertz CT molecular complexity index is 529. The van der Waals surface area contributed by atoms with Gasteiger partial charge in [-0.15, -0.1) is 11.8 Å². The van der Waals surface area contributed by atoms with Gasteiger partial charge >= 0.3 is 6.03 Å². The van der Waals surface area contributed by atoms with Gasteiger partial charge < -0.3 is 15.3 Å². The number of carbonyl (C=O) groups is 1. The summed E-state index contributed by atoms with van der Waals surface area (Å²) in [7, 11) is 0. The summed E-state index contributed by atoms with van der Waals surface area (Å²) < 4.78 is 0. The number of rotatable bonds is 2. The predicted octanol–water partition coefficient (Wildman–Crippen LogP) is 3.42. The Balaban J connectivity index is 2.08. The Kier molecular flexibility index (Phi) is 4.54. The largest absolute Gasteiger partial charge is 0.389 e. The van der Waals surface area contributed by atoms with Crippen LogP contribution in [0.4, 0.5) is 10.5 Å². The van der Waals surface area contributed by atoms with Gasteiger partial charge in [-0.25, -0.2) is 4.79 Å². The van der Waals surface area contributed by atoms with Crippen LogP contribution in [-0.2, 0) is 0 Å². The molecular weight excluding hydrogens is 284 g/mol. The molecule has 1 aromatic rings. The third-order valence-corrected chi connectivity index (χ3v) is 5.34. The number of hydrogen-bond donors (Lipinski definition) is 2. The Morgan fingerprint density at radius 2 is 2.00 bits per heavy atom. The zero-order chi connectivity index (χ0) is 15.7. The molecule has 0 unspecified atom stereocenters. The highest BCUT2D eigenvalue weighted by Gasteiger charge is 2.45. The van der Waals surface area contributed by atoms with Crippen LogP contribution in [0.2, 0.25) is 0 Å². The van der Waals surface area contributed by atoms with E-state index < -0.39 is 5.60 Å². The van der Waals surface area contributed by atoms with Crippen molar-refractivity contribution < 1.29 is 9.90 Å². The maximum Gasteiger partial charge on any atom is 0.321 e. The van der Waals surface area contributed by atoms with Crippen molar-refractivity contribution in [3.63, 3.8) is 0 Å². The number of benzene rings is 1. The van der Waals surface area contributed by atoms with Gasteiger partial charge in [-0.1, -0.05) is 26.0 Å². The Hall–Kier alpha value is -1.20. The summed E-state index contributed by atoms with van der Waals surface area (Å²) in [6.07, 6.45) is 2.59. The standard InChI is InChI=1S/C16H24N2O2S/c1-15(2)11-18(10-9-16(15,3)20)14(19)17-12-7-5-6-8-13(12)21-4/h5-8,20H,9-11H2,1-4H3,(H,17,19)/t16-/m1/s1. The van der Waals surface area contributed by atoms with Gasteiger partial charge in [-0.2, -0.15) is 0 Å². The van der Waals surface area contributed by atoms with Crippen LogP contribution >= 0.6 is 11.8 Å². The van der Waals surface area contributed by atoms with Crippen LogP contribution in [0, 0.1) is 5.41 Å². The summed E-state index contributed by atoms with van der Waals surface area (Å²) >= 11 is 1.61. The number of nitrogens with zero attached hydrogens (tertiary/aromatic N) is 1. The fourth-order valence-corrected chi connectivity index (χ4v) is 3.09. The maximum atomic E-state index is 12.5. The van der Waals surface area contributed by atoms with E-state index in [1.165, 1.54) is 0 Å². The third-order valence-electron chi connectivity index (χ3n) is 4.55. The second-order valence-electron chi connectivity index (χ2n) is 6.46. The molecule has 0 radical (unpaired) electrons. The molecule has 5 heteroatoms. The monoisotopic (exact) mass is 308 g/mol. The van der Waals surface area contributed by atoms with Gasteiger partial charge in [0.05, 0.1) is 11.3 Å². The van der Waals surface area contributed by atoms with E-state index in [0.717, 1.165) is 10.6 Å². The van der Waals surface area contributed by atoms with Crippen molar-refractivity contribution in [3.8, 4) is 0 Å². The molecule has 0 bridgehead atoms. The molecule has 0 aromatic heterocycles. The molecule has 1 aromatic carbocycles. The topological polar surface area (TPSA) is 52.6 Å². The van der Waals surface area contributed by atoms with Crippen LogP contribution in [0.15, 0.2) is 29.2 Å². The van der Waals surface area contributed by atoms with Crippen molar-refractivity contribution in [1.82, 2.24) is 4.90 Å². The minimum atomic E-state index is -0.735. The van der Waals surface area contributed by atoms with Crippen LogP contribution in [0.5, 0.6) is 0 Å². The van der Waals surface area contributed by atoms with Crippen LogP contribution in [0.25, 0.3) is 0 Å².